The molecule has 1 N–H and O–H groups in total. The third kappa shape index (κ3) is 2.99. The van der Waals surface area contributed by atoms with Gasteiger partial charge in [-0.2, -0.15) is 0 Å². The number of aromatic nitrogens is 3. The van der Waals surface area contributed by atoms with Crippen LogP contribution in [-0.4, -0.2) is 20.3 Å². The molecule has 0 saturated carbocycles. The van der Waals surface area contributed by atoms with E-state index in [4.69, 9.17) is 0 Å². The fraction of sp³-hybridized carbons (Fsp3) is 0.150. The first-order chi connectivity index (χ1) is 12.6. The number of carbonyl (C=O) groups is 1. The summed E-state index contributed by atoms with van der Waals surface area (Å²) < 4.78 is 1.82. The van der Waals surface area contributed by atoms with Crippen molar-refractivity contribution in [1.82, 2.24) is 19.7 Å². The molecule has 0 atom stereocenters. The minimum atomic E-state index is -0.129. The summed E-state index contributed by atoms with van der Waals surface area (Å²) >= 11 is 1.61. The lowest BCUT2D eigenvalue weighted by Crippen LogP contribution is -2.24. The van der Waals surface area contributed by atoms with Crippen molar-refractivity contribution in [2.75, 3.05) is 0 Å². The van der Waals surface area contributed by atoms with Gasteiger partial charge in [0, 0.05) is 16.6 Å². The summed E-state index contributed by atoms with van der Waals surface area (Å²) in [5, 5.41) is 3.98. The van der Waals surface area contributed by atoms with Crippen LogP contribution in [0.5, 0.6) is 0 Å². The van der Waals surface area contributed by atoms with Crippen LogP contribution in [0, 0.1) is 13.8 Å². The van der Waals surface area contributed by atoms with E-state index in [2.05, 4.69) is 15.3 Å². The van der Waals surface area contributed by atoms with Crippen molar-refractivity contribution in [1.29, 1.82) is 0 Å². The van der Waals surface area contributed by atoms with Crippen LogP contribution >= 0.6 is 11.3 Å². The topological polar surface area (TPSA) is 59.3 Å². The van der Waals surface area contributed by atoms with E-state index in [1.165, 1.54) is 0 Å². The van der Waals surface area contributed by atoms with Crippen molar-refractivity contribution in [3.63, 3.8) is 0 Å². The second-order valence-corrected chi connectivity index (χ2v) is 7.13. The summed E-state index contributed by atoms with van der Waals surface area (Å²) in [4.78, 5) is 22.9. The van der Waals surface area contributed by atoms with Crippen molar-refractivity contribution in [2.45, 2.75) is 20.4 Å². The van der Waals surface area contributed by atoms with Gasteiger partial charge in [0.25, 0.3) is 5.91 Å². The van der Waals surface area contributed by atoms with Crippen LogP contribution in [0.1, 0.15) is 26.8 Å². The molecule has 0 aliphatic heterocycles. The second kappa shape index (κ2) is 6.72. The highest BCUT2D eigenvalue weighted by Crippen LogP contribution is 2.27. The monoisotopic (exact) mass is 362 g/mol. The molecule has 0 unspecified atom stereocenters. The number of amides is 1. The average molecular weight is 362 g/mol. The first-order valence-corrected chi connectivity index (χ1v) is 9.19. The van der Waals surface area contributed by atoms with Gasteiger partial charge >= 0.3 is 0 Å². The van der Waals surface area contributed by atoms with Gasteiger partial charge in [-0.1, -0.05) is 36.4 Å². The molecule has 3 aromatic heterocycles. The maximum absolute atomic E-state index is 12.7. The molecule has 130 valence electrons. The van der Waals surface area contributed by atoms with Gasteiger partial charge in [-0.3, -0.25) is 9.20 Å². The zero-order valence-corrected chi connectivity index (χ0v) is 15.4. The number of pyridine rings is 1. The summed E-state index contributed by atoms with van der Waals surface area (Å²) in [5.41, 5.74) is 4.11. The summed E-state index contributed by atoms with van der Waals surface area (Å²) in [6, 6.07) is 15.8. The van der Waals surface area contributed by atoms with E-state index in [-0.39, 0.29) is 5.91 Å². The van der Waals surface area contributed by atoms with Gasteiger partial charge in [0.1, 0.15) is 16.3 Å². The van der Waals surface area contributed by atoms with E-state index in [1.807, 2.05) is 73.0 Å². The van der Waals surface area contributed by atoms with E-state index < -0.39 is 0 Å². The average Bonchev–Trinajstić information content (AvgIpc) is 3.19. The van der Waals surface area contributed by atoms with Gasteiger partial charge in [0.15, 0.2) is 0 Å². The van der Waals surface area contributed by atoms with E-state index >= 15 is 0 Å². The number of carbonyl (C=O) groups excluding carboxylic acids is 1. The Labute approximate surface area is 155 Å². The van der Waals surface area contributed by atoms with Gasteiger partial charge in [-0.25, -0.2) is 9.97 Å². The Morgan fingerprint density at radius 3 is 2.62 bits per heavy atom. The largest absolute Gasteiger partial charge is 0.346 e. The van der Waals surface area contributed by atoms with E-state index in [0.717, 1.165) is 32.5 Å². The van der Waals surface area contributed by atoms with Gasteiger partial charge in [-0.05, 0) is 26.0 Å². The highest BCUT2D eigenvalue weighted by molar-refractivity contribution is 7.15. The maximum Gasteiger partial charge on any atom is 0.270 e. The van der Waals surface area contributed by atoms with Crippen LogP contribution in [-0.2, 0) is 6.54 Å². The second-order valence-electron chi connectivity index (χ2n) is 6.05. The quantitative estimate of drug-likeness (QED) is 0.597. The lowest BCUT2D eigenvalue weighted by atomic mass is 10.2. The Bertz CT molecular complexity index is 1080. The molecule has 6 heteroatoms. The van der Waals surface area contributed by atoms with Gasteiger partial charge in [0.2, 0.25) is 0 Å². The number of benzene rings is 1. The molecule has 0 radical (unpaired) electrons. The first kappa shape index (κ1) is 16.5. The van der Waals surface area contributed by atoms with Crippen molar-refractivity contribution >= 4 is 22.9 Å². The smallest absolute Gasteiger partial charge is 0.270 e. The summed E-state index contributed by atoms with van der Waals surface area (Å²) in [7, 11) is 0. The third-order valence-corrected chi connectivity index (χ3v) is 5.45. The SMILES string of the molecule is Cc1nc(-c2ccccc2)sc1CNC(=O)c1c(C)nc2ccccn12. The molecular formula is C20H18N4OS. The van der Waals surface area contributed by atoms with Gasteiger partial charge in [0.05, 0.1) is 17.9 Å². The van der Waals surface area contributed by atoms with E-state index in [1.54, 1.807) is 11.3 Å². The summed E-state index contributed by atoms with van der Waals surface area (Å²) in [6.07, 6.45) is 1.86. The van der Waals surface area contributed by atoms with Gasteiger partial charge < -0.3 is 5.32 Å². The standard InChI is InChI=1S/C20H18N4OS/c1-13-16(26-20(23-13)15-8-4-3-5-9-15)12-21-19(25)18-14(2)22-17-10-6-7-11-24(17)18/h3-11H,12H2,1-2H3,(H,21,25). The number of rotatable bonds is 4. The molecular weight excluding hydrogens is 344 g/mol. The third-order valence-electron chi connectivity index (χ3n) is 4.24. The molecule has 5 nitrogen and oxygen atoms in total. The Morgan fingerprint density at radius 2 is 1.81 bits per heavy atom. The normalized spacial score (nSPS) is 11.0. The Kier molecular flexibility index (Phi) is 4.26. The molecule has 26 heavy (non-hydrogen) atoms. The number of fused-ring (bicyclic) bond motifs is 1. The molecule has 1 aromatic carbocycles. The molecule has 1 amide bonds. The van der Waals surface area contributed by atoms with Gasteiger partial charge in [-0.15, -0.1) is 11.3 Å². The van der Waals surface area contributed by atoms with Crippen molar-refractivity contribution in [2.24, 2.45) is 0 Å². The fourth-order valence-electron chi connectivity index (χ4n) is 2.93. The van der Waals surface area contributed by atoms with Crippen LogP contribution in [0.4, 0.5) is 0 Å². The first-order valence-electron chi connectivity index (χ1n) is 8.37. The highest BCUT2D eigenvalue weighted by Gasteiger charge is 2.17. The number of hydrogen-bond acceptors (Lipinski definition) is 4. The van der Waals surface area contributed by atoms with Crippen LogP contribution in [0.3, 0.4) is 0 Å². The molecule has 0 saturated heterocycles. The van der Waals surface area contributed by atoms with E-state index in [9.17, 15) is 4.79 Å². The summed E-state index contributed by atoms with van der Waals surface area (Å²) in [6.45, 7) is 4.28. The number of hydrogen-bond donors (Lipinski definition) is 1. The number of aryl methyl sites for hydroxylation is 2. The minimum Gasteiger partial charge on any atom is -0.346 e. The Balaban J connectivity index is 1.55. The Morgan fingerprint density at radius 1 is 1.04 bits per heavy atom. The van der Waals surface area contributed by atoms with Crippen LogP contribution in [0.15, 0.2) is 54.7 Å². The van der Waals surface area contributed by atoms with Crippen LogP contribution < -0.4 is 5.32 Å². The minimum absolute atomic E-state index is 0.129. The molecule has 4 rings (SSSR count). The van der Waals surface area contributed by atoms with Crippen LogP contribution in [0.2, 0.25) is 0 Å². The fourth-order valence-corrected chi connectivity index (χ4v) is 3.94. The summed E-state index contributed by atoms with van der Waals surface area (Å²) in [5.74, 6) is -0.129. The molecule has 3 heterocycles. The zero-order valence-electron chi connectivity index (χ0n) is 14.6. The number of thiazole rings is 1. The predicted molar refractivity (Wildman–Crippen MR) is 103 cm³/mol. The lowest BCUT2D eigenvalue weighted by molar-refractivity contribution is 0.0944. The zero-order chi connectivity index (χ0) is 18.1. The van der Waals surface area contributed by atoms with Crippen molar-refractivity contribution in [3.8, 4) is 10.6 Å². The number of nitrogens with zero attached hydrogens (tertiary/aromatic N) is 3. The molecule has 0 fully saturated rings. The molecule has 0 bridgehead atoms. The van der Waals surface area contributed by atoms with E-state index in [0.29, 0.717) is 12.2 Å². The molecule has 0 spiro atoms. The highest BCUT2D eigenvalue weighted by atomic mass is 32.1. The molecule has 0 aliphatic carbocycles. The Hall–Kier alpha value is -2.99. The number of nitrogens with one attached hydrogen (secondary N) is 1. The van der Waals surface area contributed by atoms with Crippen LogP contribution in [0.25, 0.3) is 16.2 Å². The predicted octanol–water partition coefficient (Wildman–Crippen LogP) is 4.00. The van der Waals surface area contributed by atoms with Crippen molar-refractivity contribution < 1.29 is 4.79 Å². The molecule has 4 aromatic rings. The maximum atomic E-state index is 12.7. The molecule has 0 aliphatic rings. The lowest BCUT2D eigenvalue weighted by Gasteiger charge is -2.05. The van der Waals surface area contributed by atoms with Crippen molar-refractivity contribution in [3.05, 3.63) is 76.7 Å². The number of imidazole rings is 1.